The Morgan fingerprint density at radius 3 is 3.00 bits per heavy atom. The van der Waals surface area contributed by atoms with Crippen LogP contribution in [0.5, 0.6) is 5.75 Å². The van der Waals surface area contributed by atoms with Gasteiger partial charge in [-0.05, 0) is 42.9 Å². The van der Waals surface area contributed by atoms with E-state index in [1.807, 2.05) is 30.3 Å². The summed E-state index contributed by atoms with van der Waals surface area (Å²) in [6, 6.07) is 9.75. The second-order valence-corrected chi connectivity index (χ2v) is 5.34. The molecule has 1 saturated carbocycles. The van der Waals surface area contributed by atoms with Crippen LogP contribution < -0.4 is 4.74 Å². The van der Waals surface area contributed by atoms with Gasteiger partial charge in [0, 0.05) is 19.1 Å². The highest BCUT2D eigenvalue weighted by molar-refractivity contribution is 5.28. The summed E-state index contributed by atoms with van der Waals surface area (Å²) in [5.41, 5.74) is 1.90. The molecule has 1 aromatic heterocycles. The molecule has 0 unspecified atom stereocenters. The molecule has 0 bridgehead atoms. The highest BCUT2D eigenvalue weighted by atomic mass is 16.5. The third-order valence-corrected chi connectivity index (χ3v) is 3.48. The molecule has 0 radical (unpaired) electrons. The average molecular weight is 273 g/mol. The monoisotopic (exact) mass is 273 g/mol. The molecular weight excluding hydrogens is 254 g/mol. The van der Waals surface area contributed by atoms with Crippen molar-refractivity contribution in [2.24, 2.45) is 5.92 Å². The van der Waals surface area contributed by atoms with Gasteiger partial charge in [-0.2, -0.15) is 0 Å². The first-order valence-electron chi connectivity index (χ1n) is 7.10. The van der Waals surface area contributed by atoms with Crippen molar-refractivity contribution < 1.29 is 14.4 Å². The Morgan fingerprint density at radius 1 is 1.30 bits per heavy atom. The van der Waals surface area contributed by atoms with Crippen molar-refractivity contribution in [3.63, 3.8) is 0 Å². The lowest BCUT2D eigenvalue weighted by molar-refractivity contribution is 0.285. The summed E-state index contributed by atoms with van der Waals surface area (Å²) in [5, 5.41) is 13.0. The van der Waals surface area contributed by atoms with Crippen LogP contribution in [0.1, 0.15) is 29.9 Å². The maximum absolute atomic E-state index is 8.94. The largest absolute Gasteiger partial charge is 0.487 e. The third-order valence-electron chi connectivity index (χ3n) is 3.48. The van der Waals surface area contributed by atoms with Gasteiger partial charge in [0.05, 0.1) is 0 Å². The van der Waals surface area contributed by atoms with Gasteiger partial charge in [-0.25, -0.2) is 0 Å². The fraction of sp³-hybridized carbons (Fsp3) is 0.438. The molecule has 20 heavy (non-hydrogen) atoms. The van der Waals surface area contributed by atoms with E-state index in [0.29, 0.717) is 13.0 Å². The minimum atomic E-state index is 0.150. The summed E-state index contributed by atoms with van der Waals surface area (Å²) in [7, 11) is 0. The Bertz CT molecular complexity index is 560. The number of aromatic nitrogens is 1. The van der Waals surface area contributed by atoms with Crippen molar-refractivity contribution in [2.75, 3.05) is 6.61 Å². The van der Waals surface area contributed by atoms with Gasteiger partial charge in [0.1, 0.15) is 23.8 Å². The number of aliphatic hydroxyl groups excluding tert-OH is 1. The number of rotatable bonds is 7. The predicted molar refractivity (Wildman–Crippen MR) is 74.5 cm³/mol. The van der Waals surface area contributed by atoms with Crippen LogP contribution in [-0.2, 0) is 19.4 Å². The average Bonchev–Trinajstić information content (AvgIpc) is 3.15. The van der Waals surface area contributed by atoms with E-state index in [-0.39, 0.29) is 6.61 Å². The van der Waals surface area contributed by atoms with Crippen molar-refractivity contribution in [2.45, 2.75) is 32.3 Å². The SMILES string of the molecule is OCCc1cccc(OCc2cc(CC3CC3)on2)c1. The van der Waals surface area contributed by atoms with E-state index in [9.17, 15) is 0 Å². The number of hydrogen-bond donors (Lipinski definition) is 1. The van der Waals surface area contributed by atoms with Gasteiger partial charge in [-0.15, -0.1) is 0 Å². The van der Waals surface area contributed by atoms with E-state index >= 15 is 0 Å². The molecule has 0 saturated heterocycles. The normalized spacial score (nSPS) is 14.4. The molecule has 0 aliphatic heterocycles. The number of benzene rings is 1. The number of hydrogen-bond acceptors (Lipinski definition) is 4. The van der Waals surface area contributed by atoms with Crippen LogP contribution >= 0.6 is 0 Å². The number of ether oxygens (including phenoxy) is 1. The van der Waals surface area contributed by atoms with Gasteiger partial charge in [0.15, 0.2) is 0 Å². The van der Waals surface area contributed by atoms with E-state index in [1.165, 1.54) is 12.8 Å². The van der Waals surface area contributed by atoms with Crippen molar-refractivity contribution in [3.8, 4) is 5.75 Å². The molecule has 4 nitrogen and oxygen atoms in total. The molecule has 1 aromatic carbocycles. The zero-order valence-electron chi connectivity index (χ0n) is 11.4. The predicted octanol–water partition coefficient (Wildman–Crippen LogP) is 2.74. The molecule has 3 rings (SSSR count). The van der Waals surface area contributed by atoms with Crippen molar-refractivity contribution >= 4 is 0 Å². The van der Waals surface area contributed by atoms with E-state index < -0.39 is 0 Å². The van der Waals surface area contributed by atoms with Crippen LogP contribution in [0.25, 0.3) is 0 Å². The van der Waals surface area contributed by atoms with Crippen LogP contribution in [0.15, 0.2) is 34.9 Å². The summed E-state index contributed by atoms with van der Waals surface area (Å²) in [4.78, 5) is 0. The Hall–Kier alpha value is -1.81. The summed E-state index contributed by atoms with van der Waals surface area (Å²) in [6.45, 7) is 0.564. The standard InChI is InChI=1S/C16H19NO3/c18-7-6-12-2-1-3-15(8-12)19-11-14-10-16(20-17-14)9-13-4-5-13/h1-3,8,10,13,18H,4-7,9,11H2. The summed E-state index contributed by atoms with van der Waals surface area (Å²) in [5.74, 6) is 2.55. The lowest BCUT2D eigenvalue weighted by Crippen LogP contribution is -1.97. The molecular formula is C16H19NO3. The lowest BCUT2D eigenvalue weighted by Gasteiger charge is -2.05. The molecule has 0 amide bonds. The third kappa shape index (κ3) is 3.61. The second-order valence-electron chi connectivity index (χ2n) is 5.34. The smallest absolute Gasteiger partial charge is 0.137 e. The van der Waals surface area contributed by atoms with Crippen LogP contribution in [0.4, 0.5) is 0 Å². The molecule has 106 valence electrons. The van der Waals surface area contributed by atoms with Crippen molar-refractivity contribution in [1.29, 1.82) is 0 Å². The first kappa shape index (κ1) is 13.2. The Morgan fingerprint density at radius 2 is 2.20 bits per heavy atom. The van der Waals surface area contributed by atoms with Crippen LogP contribution in [0, 0.1) is 5.92 Å². The zero-order valence-corrected chi connectivity index (χ0v) is 11.4. The van der Waals surface area contributed by atoms with Crippen LogP contribution in [-0.4, -0.2) is 16.9 Å². The fourth-order valence-electron chi connectivity index (χ4n) is 2.20. The maximum Gasteiger partial charge on any atom is 0.137 e. The topological polar surface area (TPSA) is 55.5 Å². The molecule has 1 heterocycles. The molecule has 4 heteroatoms. The molecule has 1 fully saturated rings. The molecule has 0 atom stereocenters. The van der Waals surface area contributed by atoms with E-state index in [2.05, 4.69) is 5.16 Å². The molecule has 1 aliphatic rings. The van der Waals surface area contributed by atoms with Gasteiger partial charge in [0.25, 0.3) is 0 Å². The van der Waals surface area contributed by atoms with Gasteiger partial charge >= 0.3 is 0 Å². The quantitative estimate of drug-likeness (QED) is 0.842. The van der Waals surface area contributed by atoms with Gasteiger partial charge in [-0.1, -0.05) is 17.3 Å². The van der Waals surface area contributed by atoms with Gasteiger partial charge < -0.3 is 14.4 Å². The molecule has 0 spiro atoms. The summed E-state index contributed by atoms with van der Waals surface area (Å²) in [6.07, 6.45) is 4.26. The maximum atomic E-state index is 8.94. The Balaban J connectivity index is 1.55. The first-order chi connectivity index (χ1) is 9.83. The second kappa shape index (κ2) is 6.09. The summed E-state index contributed by atoms with van der Waals surface area (Å²) >= 11 is 0. The molecule has 1 N–H and O–H groups in total. The van der Waals surface area contributed by atoms with E-state index in [0.717, 1.165) is 35.1 Å². The number of aliphatic hydroxyl groups is 1. The van der Waals surface area contributed by atoms with Crippen molar-refractivity contribution in [1.82, 2.24) is 5.16 Å². The van der Waals surface area contributed by atoms with Gasteiger partial charge in [0.2, 0.25) is 0 Å². The molecule has 1 aliphatic carbocycles. The Kier molecular flexibility index (Phi) is 4.02. The highest BCUT2D eigenvalue weighted by Crippen LogP contribution is 2.32. The van der Waals surface area contributed by atoms with Crippen LogP contribution in [0.3, 0.4) is 0 Å². The van der Waals surface area contributed by atoms with E-state index in [4.69, 9.17) is 14.4 Å². The van der Waals surface area contributed by atoms with E-state index in [1.54, 1.807) is 0 Å². The van der Waals surface area contributed by atoms with Crippen molar-refractivity contribution in [3.05, 3.63) is 47.3 Å². The van der Waals surface area contributed by atoms with Crippen LogP contribution in [0.2, 0.25) is 0 Å². The zero-order chi connectivity index (χ0) is 13.8. The first-order valence-corrected chi connectivity index (χ1v) is 7.10. The Labute approximate surface area is 118 Å². The highest BCUT2D eigenvalue weighted by Gasteiger charge is 2.23. The fourth-order valence-corrected chi connectivity index (χ4v) is 2.20. The summed E-state index contributed by atoms with van der Waals surface area (Å²) < 4.78 is 11.0. The number of nitrogens with zero attached hydrogens (tertiary/aromatic N) is 1. The van der Waals surface area contributed by atoms with Gasteiger partial charge in [-0.3, -0.25) is 0 Å². The minimum Gasteiger partial charge on any atom is -0.487 e. The lowest BCUT2D eigenvalue weighted by atomic mass is 10.1. The minimum absolute atomic E-state index is 0.150. The molecule has 2 aromatic rings.